The van der Waals surface area contributed by atoms with Crippen LogP contribution in [-0.2, 0) is 10.3 Å². The summed E-state index contributed by atoms with van der Waals surface area (Å²) in [6.45, 7) is 2.65. The van der Waals surface area contributed by atoms with E-state index in [0.29, 0.717) is 23.0 Å². The number of phenols is 1. The molecule has 5 nitrogen and oxygen atoms in total. The molecular weight excluding hydrogens is 280 g/mol. The highest BCUT2D eigenvalue weighted by molar-refractivity contribution is 6.30. The molecule has 0 bridgehead atoms. The summed E-state index contributed by atoms with van der Waals surface area (Å²) < 4.78 is 11.0. The molecule has 1 aliphatic rings. The van der Waals surface area contributed by atoms with Crippen molar-refractivity contribution in [2.45, 2.75) is 31.8 Å². The van der Waals surface area contributed by atoms with E-state index in [1.165, 1.54) is 6.07 Å². The molecule has 1 atom stereocenters. The van der Waals surface area contributed by atoms with E-state index in [2.05, 4.69) is 10.1 Å². The van der Waals surface area contributed by atoms with Crippen LogP contribution in [0.5, 0.6) is 5.75 Å². The Labute approximate surface area is 121 Å². The fourth-order valence-electron chi connectivity index (χ4n) is 2.34. The molecule has 0 spiro atoms. The van der Waals surface area contributed by atoms with Gasteiger partial charge >= 0.3 is 0 Å². The third kappa shape index (κ3) is 2.39. The number of rotatable bonds is 2. The molecule has 0 aliphatic carbocycles. The zero-order valence-corrected chi connectivity index (χ0v) is 11.9. The highest BCUT2D eigenvalue weighted by atomic mass is 35.5. The van der Waals surface area contributed by atoms with Gasteiger partial charge in [-0.05, 0) is 44.4 Å². The summed E-state index contributed by atoms with van der Waals surface area (Å²) in [6.07, 6.45) is 2.98. The molecule has 1 aromatic heterocycles. The van der Waals surface area contributed by atoms with E-state index in [4.69, 9.17) is 20.9 Å². The largest absolute Gasteiger partial charge is 0.507 e. The van der Waals surface area contributed by atoms with Crippen LogP contribution in [0.2, 0.25) is 5.02 Å². The van der Waals surface area contributed by atoms with Crippen molar-refractivity contribution in [3.63, 3.8) is 0 Å². The molecule has 1 fully saturated rings. The Kier molecular flexibility index (Phi) is 3.40. The Morgan fingerprint density at radius 1 is 1.35 bits per heavy atom. The minimum atomic E-state index is -0.520. The lowest BCUT2D eigenvalue weighted by Gasteiger charge is -2.30. The molecule has 6 heteroatoms. The van der Waals surface area contributed by atoms with Crippen LogP contribution in [0.4, 0.5) is 0 Å². The standard InChI is InChI=1S/C14H15ClN2O3/c1-14(6-2-3-7-19-14)13-16-12(20-17-13)10-8-9(15)4-5-11(10)18/h4-5,8,18H,2-3,6-7H2,1H3. The monoisotopic (exact) mass is 294 g/mol. The van der Waals surface area contributed by atoms with Gasteiger partial charge < -0.3 is 14.4 Å². The first-order valence-electron chi connectivity index (χ1n) is 6.55. The van der Waals surface area contributed by atoms with E-state index in [1.807, 2.05) is 6.92 Å². The normalized spacial score (nSPS) is 22.9. The fraction of sp³-hybridized carbons (Fsp3) is 0.429. The summed E-state index contributed by atoms with van der Waals surface area (Å²) in [5.74, 6) is 0.807. The topological polar surface area (TPSA) is 68.4 Å². The van der Waals surface area contributed by atoms with Crippen LogP contribution in [0, 0.1) is 0 Å². The molecule has 20 heavy (non-hydrogen) atoms. The predicted molar refractivity (Wildman–Crippen MR) is 73.6 cm³/mol. The quantitative estimate of drug-likeness (QED) is 0.918. The van der Waals surface area contributed by atoms with Gasteiger partial charge in [-0.25, -0.2) is 0 Å². The van der Waals surface area contributed by atoms with Crippen molar-refractivity contribution in [3.8, 4) is 17.2 Å². The van der Waals surface area contributed by atoms with Gasteiger partial charge in [0.25, 0.3) is 5.89 Å². The molecule has 1 aromatic carbocycles. The summed E-state index contributed by atoms with van der Waals surface area (Å²) in [7, 11) is 0. The van der Waals surface area contributed by atoms with Gasteiger partial charge in [-0.2, -0.15) is 4.98 Å². The van der Waals surface area contributed by atoms with E-state index in [0.717, 1.165) is 19.3 Å². The Hall–Kier alpha value is -1.59. The van der Waals surface area contributed by atoms with Gasteiger partial charge in [-0.15, -0.1) is 0 Å². The van der Waals surface area contributed by atoms with E-state index in [-0.39, 0.29) is 11.6 Å². The predicted octanol–water partition coefficient (Wildman–Crippen LogP) is 3.51. The number of phenolic OH excluding ortho intramolecular Hbond substituents is 1. The van der Waals surface area contributed by atoms with Crippen molar-refractivity contribution < 1.29 is 14.4 Å². The van der Waals surface area contributed by atoms with Gasteiger partial charge in [-0.1, -0.05) is 16.8 Å². The van der Waals surface area contributed by atoms with Gasteiger partial charge in [0, 0.05) is 11.6 Å². The molecule has 3 rings (SSSR count). The van der Waals surface area contributed by atoms with Crippen LogP contribution in [0.25, 0.3) is 11.5 Å². The second-order valence-electron chi connectivity index (χ2n) is 5.12. The minimum Gasteiger partial charge on any atom is -0.507 e. The van der Waals surface area contributed by atoms with Gasteiger partial charge in [0.15, 0.2) is 0 Å². The van der Waals surface area contributed by atoms with Crippen molar-refractivity contribution in [2.75, 3.05) is 6.61 Å². The Bertz CT molecular complexity index is 621. The molecule has 1 aliphatic heterocycles. The van der Waals surface area contributed by atoms with Crippen molar-refractivity contribution in [1.82, 2.24) is 10.1 Å². The van der Waals surface area contributed by atoms with E-state index in [1.54, 1.807) is 12.1 Å². The number of hydrogen-bond acceptors (Lipinski definition) is 5. The number of aromatic nitrogens is 2. The number of ether oxygens (including phenoxy) is 1. The summed E-state index contributed by atoms with van der Waals surface area (Å²) in [5.41, 5.74) is -0.0931. The lowest BCUT2D eigenvalue weighted by Crippen LogP contribution is -2.31. The third-order valence-electron chi connectivity index (χ3n) is 3.56. The number of halogens is 1. The van der Waals surface area contributed by atoms with Gasteiger partial charge in [0.2, 0.25) is 5.82 Å². The average Bonchev–Trinajstić information content (AvgIpc) is 2.93. The number of nitrogens with zero attached hydrogens (tertiary/aromatic N) is 2. The third-order valence-corrected chi connectivity index (χ3v) is 3.79. The molecule has 1 saturated heterocycles. The molecule has 106 valence electrons. The maximum absolute atomic E-state index is 9.85. The van der Waals surface area contributed by atoms with Crippen molar-refractivity contribution in [1.29, 1.82) is 0 Å². The Morgan fingerprint density at radius 2 is 2.20 bits per heavy atom. The van der Waals surface area contributed by atoms with Crippen LogP contribution in [0.15, 0.2) is 22.7 Å². The Morgan fingerprint density at radius 3 is 2.95 bits per heavy atom. The van der Waals surface area contributed by atoms with Crippen molar-refractivity contribution >= 4 is 11.6 Å². The first kappa shape index (κ1) is 13.4. The first-order valence-corrected chi connectivity index (χ1v) is 6.93. The zero-order valence-electron chi connectivity index (χ0n) is 11.1. The summed E-state index contributed by atoms with van der Waals surface area (Å²) in [5, 5.41) is 14.3. The van der Waals surface area contributed by atoms with Gasteiger partial charge in [-0.3, -0.25) is 0 Å². The average molecular weight is 295 g/mol. The SMILES string of the molecule is CC1(c2noc(-c3cc(Cl)ccc3O)n2)CCCCO1. The summed E-state index contributed by atoms with van der Waals surface area (Å²) >= 11 is 5.92. The number of hydrogen-bond donors (Lipinski definition) is 1. The highest BCUT2D eigenvalue weighted by Crippen LogP contribution is 2.36. The second-order valence-corrected chi connectivity index (χ2v) is 5.56. The van der Waals surface area contributed by atoms with Crippen LogP contribution in [0.1, 0.15) is 32.0 Å². The molecule has 1 unspecified atom stereocenters. The lowest BCUT2D eigenvalue weighted by molar-refractivity contribution is -0.0770. The maximum Gasteiger partial charge on any atom is 0.261 e. The highest BCUT2D eigenvalue weighted by Gasteiger charge is 2.35. The molecular formula is C14H15ClN2O3. The summed E-state index contributed by atoms with van der Waals surface area (Å²) in [6, 6.07) is 4.70. The zero-order chi connectivity index (χ0) is 14.2. The molecule has 0 saturated carbocycles. The van der Waals surface area contributed by atoms with E-state index < -0.39 is 5.60 Å². The smallest absolute Gasteiger partial charge is 0.261 e. The lowest BCUT2D eigenvalue weighted by atomic mass is 9.95. The Balaban J connectivity index is 1.95. The van der Waals surface area contributed by atoms with Crippen molar-refractivity contribution in [2.24, 2.45) is 0 Å². The molecule has 0 radical (unpaired) electrons. The van der Waals surface area contributed by atoms with E-state index in [9.17, 15) is 5.11 Å². The van der Waals surface area contributed by atoms with Crippen LogP contribution in [-0.4, -0.2) is 21.9 Å². The summed E-state index contributed by atoms with van der Waals surface area (Å²) in [4.78, 5) is 4.36. The molecule has 1 N–H and O–H groups in total. The minimum absolute atomic E-state index is 0.0549. The van der Waals surface area contributed by atoms with Crippen LogP contribution in [0.3, 0.4) is 0 Å². The van der Waals surface area contributed by atoms with Crippen LogP contribution >= 0.6 is 11.6 Å². The van der Waals surface area contributed by atoms with Gasteiger partial charge in [0.1, 0.15) is 11.4 Å². The maximum atomic E-state index is 9.85. The molecule has 0 amide bonds. The van der Waals surface area contributed by atoms with E-state index >= 15 is 0 Å². The molecule has 2 aromatic rings. The molecule has 2 heterocycles. The number of aromatic hydroxyl groups is 1. The second kappa shape index (κ2) is 5.07. The first-order chi connectivity index (χ1) is 9.58. The fourth-order valence-corrected chi connectivity index (χ4v) is 2.51. The van der Waals surface area contributed by atoms with Crippen LogP contribution < -0.4 is 0 Å². The van der Waals surface area contributed by atoms with Crippen molar-refractivity contribution in [3.05, 3.63) is 29.0 Å². The number of benzene rings is 1. The van der Waals surface area contributed by atoms with Gasteiger partial charge in [0.05, 0.1) is 5.56 Å².